The summed E-state index contributed by atoms with van der Waals surface area (Å²) in [6.07, 6.45) is 0. The summed E-state index contributed by atoms with van der Waals surface area (Å²) < 4.78 is 26.4. The summed E-state index contributed by atoms with van der Waals surface area (Å²) in [5, 5.41) is 10.9. The third-order valence-corrected chi connectivity index (χ3v) is 4.12. The average Bonchev–Trinajstić information content (AvgIpc) is 2.27. The van der Waals surface area contributed by atoms with Crippen LogP contribution in [0.25, 0.3) is 0 Å². The Morgan fingerprint density at radius 1 is 1.37 bits per heavy atom. The van der Waals surface area contributed by atoms with Crippen LogP contribution in [0.4, 0.5) is 0 Å². The molecule has 0 amide bonds. The van der Waals surface area contributed by atoms with Gasteiger partial charge in [0.25, 0.3) is 0 Å². The molecule has 0 aliphatic heterocycles. The number of benzene rings is 1. The van der Waals surface area contributed by atoms with Gasteiger partial charge in [-0.15, -0.1) is 0 Å². The lowest BCUT2D eigenvalue weighted by Gasteiger charge is -2.12. The molecule has 0 fully saturated rings. The van der Waals surface area contributed by atoms with E-state index in [0.29, 0.717) is 18.7 Å². The summed E-state index contributed by atoms with van der Waals surface area (Å²) >= 11 is 0. The average molecular weight is 286 g/mol. The summed E-state index contributed by atoms with van der Waals surface area (Å²) in [5.41, 5.74) is 0.359. The van der Waals surface area contributed by atoms with Crippen molar-refractivity contribution in [1.82, 2.24) is 4.72 Å². The van der Waals surface area contributed by atoms with Gasteiger partial charge in [0.15, 0.2) is 0 Å². The molecule has 0 spiro atoms. The Kier molecular flexibility index (Phi) is 5.04. The van der Waals surface area contributed by atoms with Gasteiger partial charge in [0.1, 0.15) is 0 Å². The standard InChI is InChI=1S/C12H18N2O4S/c1-9-4-5-10(8-11(9)12(15)16)19(17,18)13-6-7-14(2)3/h4-5,8,13H,6-7H2,1-3H3,(H,15,16). The smallest absolute Gasteiger partial charge is 0.240 e. The molecule has 0 aliphatic rings. The minimum atomic E-state index is -3.68. The van der Waals surface area contributed by atoms with Gasteiger partial charge in [-0.3, -0.25) is 0 Å². The molecule has 0 aliphatic carbocycles. The van der Waals surface area contributed by atoms with Crippen molar-refractivity contribution in [3.8, 4) is 0 Å². The molecule has 0 unspecified atom stereocenters. The Labute approximate surface area is 113 Å². The van der Waals surface area contributed by atoms with Crippen LogP contribution in [0.5, 0.6) is 0 Å². The Hall–Kier alpha value is -1.44. The molecule has 0 aromatic heterocycles. The van der Waals surface area contributed by atoms with Crippen molar-refractivity contribution in [2.75, 3.05) is 27.2 Å². The summed E-state index contributed by atoms with van der Waals surface area (Å²) in [4.78, 5) is 11.9. The Morgan fingerprint density at radius 2 is 2.00 bits per heavy atom. The van der Waals surface area contributed by atoms with E-state index in [1.165, 1.54) is 12.1 Å². The van der Waals surface area contributed by atoms with Crippen LogP contribution >= 0.6 is 0 Å². The zero-order chi connectivity index (χ0) is 14.6. The number of carboxylic acids is 1. The van der Waals surface area contributed by atoms with E-state index in [4.69, 9.17) is 0 Å². The lowest BCUT2D eigenvalue weighted by Crippen LogP contribution is -3.06. The third-order valence-electron chi connectivity index (χ3n) is 2.66. The van der Waals surface area contributed by atoms with Gasteiger partial charge < -0.3 is 14.8 Å². The number of likely N-dealkylation sites (N-methyl/N-ethyl adjacent to an activating group) is 1. The van der Waals surface area contributed by atoms with E-state index in [1.54, 1.807) is 6.92 Å². The molecule has 0 saturated heterocycles. The number of aryl methyl sites for hydroxylation is 1. The summed E-state index contributed by atoms with van der Waals surface area (Å²) in [7, 11) is 0.139. The van der Waals surface area contributed by atoms with Gasteiger partial charge in [-0.05, 0) is 24.6 Å². The fourth-order valence-corrected chi connectivity index (χ4v) is 2.56. The number of quaternary nitrogens is 1. The number of carboxylic acid groups (broad SMARTS) is 1. The summed E-state index contributed by atoms with van der Waals surface area (Å²) in [6.45, 7) is 2.52. The van der Waals surface area contributed by atoms with Crippen LogP contribution in [0, 0.1) is 6.92 Å². The molecular weight excluding hydrogens is 268 g/mol. The van der Waals surface area contributed by atoms with E-state index < -0.39 is 16.0 Å². The molecule has 0 saturated carbocycles. The van der Waals surface area contributed by atoms with Crippen molar-refractivity contribution in [3.63, 3.8) is 0 Å². The first-order chi connectivity index (χ1) is 8.74. The third kappa shape index (κ3) is 4.30. The van der Waals surface area contributed by atoms with Gasteiger partial charge in [-0.2, -0.15) is 0 Å². The predicted molar refractivity (Wildman–Crippen MR) is 68.4 cm³/mol. The highest BCUT2D eigenvalue weighted by Gasteiger charge is 2.15. The van der Waals surface area contributed by atoms with Crippen LogP contribution in [-0.4, -0.2) is 41.6 Å². The maximum absolute atomic E-state index is 12.0. The highest BCUT2D eigenvalue weighted by Crippen LogP contribution is 2.14. The molecule has 106 valence electrons. The molecular formula is C12H18N2O4S. The van der Waals surface area contributed by atoms with Gasteiger partial charge >= 0.3 is 0 Å². The second kappa shape index (κ2) is 6.14. The van der Waals surface area contributed by atoms with E-state index in [2.05, 4.69) is 4.72 Å². The van der Waals surface area contributed by atoms with Crippen LogP contribution < -0.4 is 14.7 Å². The van der Waals surface area contributed by atoms with Crippen molar-refractivity contribution in [1.29, 1.82) is 0 Å². The Bertz CT molecular complexity index is 567. The van der Waals surface area contributed by atoms with Gasteiger partial charge in [0, 0.05) is 5.56 Å². The minimum absolute atomic E-state index is 0.0638. The van der Waals surface area contributed by atoms with Crippen molar-refractivity contribution >= 4 is 16.0 Å². The molecule has 0 atom stereocenters. The van der Waals surface area contributed by atoms with Gasteiger partial charge in [0.2, 0.25) is 10.0 Å². The molecule has 0 heterocycles. The van der Waals surface area contributed by atoms with Crippen molar-refractivity contribution in [2.24, 2.45) is 0 Å². The molecule has 2 N–H and O–H groups in total. The van der Waals surface area contributed by atoms with Gasteiger partial charge in [-0.25, -0.2) is 13.1 Å². The first-order valence-corrected chi connectivity index (χ1v) is 7.33. The van der Waals surface area contributed by atoms with E-state index in [0.717, 1.165) is 11.0 Å². The highest BCUT2D eigenvalue weighted by atomic mass is 32.2. The van der Waals surface area contributed by atoms with Crippen molar-refractivity contribution < 1.29 is 23.2 Å². The summed E-state index contributed by atoms with van der Waals surface area (Å²) in [5.74, 6) is -1.38. The molecule has 1 rings (SSSR count). The molecule has 0 radical (unpaired) electrons. The van der Waals surface area contributed by atoms with Crippen LogP contribution in [0.3, 0.4) is 0 Å². The van der Waals surface area contributed by atoms with E-state index in [1.807, 2.05) is 14.1 Å². The molecule has 19 heavy (non-hydrogen) atoms. The first kappa shape index (κ1) is 15.6. The number of rotatable bonds is 6. The van der Waals surface area contributed by atoms with E-state index in [-0.39, 0.29) is 10.5 Å². The summed E-state index contributed by atoms with van der Waals surface area (Å²) in [6, 6.07) is 3.96. The number of carbonyl (C=O) groups excluding carboxylic acids is 1. The lowest BCUT2D eigenvalue weighted by atomic mass is 10.1. The largest absolute Gasteiger partial charge is 0.545 e. The monoisotopic (exact) mass is 286 g/mol. The van der Waals surface area contributed by atoms with Crippen molar-refractivity contribution in [3.05, 3.63) is 29.3 Å². The Morgan fingerprint density at radius 3 is 2.53 bits per heavy atom. The number of hydrogen-bond donors (Lipinski definition) is 2. The zero-order valence-electron chi connectivity index (χ0n) is 11.2. The first-order valence-electron chi connectivity index (χ1n) is 5.84. The number of hydrogen-bond acceptors (Lipinski definition) is 4. The second-order valence-corrected chi connectivity index (χ2v) is 6.39. The minimum Gasteiger partial charge on any atom is -0.545 e. The number of carbonyl (C=O) groups is 1. The van der Waals surface area contributed by atoms with Crippen LogP contribution in [0.15, 0.2) is 23.1 Å². The van der Waals surface area contributed by atoms with Crippen LogP contribution in [-0.2, 0) is 10.0 Å². The van der Waals surface area contributed by atoms with E-state index in [9.17, 15) is 18.3 Å². The highest BCUT2D eigenvalue weighted by molar-refractivity contribution is 7.89. The topological polar surface area (TPSA) is 90.7 Å². The fraction of sp³-hybridized carbons (Fsp3) is 0.417. The number of aromatic carboxylic acids is 1. The molecule has 1 aromatic carbocycles. The van der Waals surface area contributed by atoms with Crippen molar-refractivity contribution in [2.45, 2.75) is 11.8 Å². The molecule has 6 nitrogen and oxygen atoms in total. The van der Waals surface area contributed by atoms with Gasteiger partial charge in [0.05, 0.1) is 38.0 Å². The van der Waals surface area contributed by atoms with E-state index >= 15 is 0 Å². The molecule has 1 aromatic rings. The van der Waals surface area contributed by atoms with Gasteiger partial charge in [-0.1, -0.05) is 6.07 Å². The number of nitrogens with one attached hydrogen (secondary N) is 2. The maximum atomic E-state index is 12.0. The van der Waals surface area contributed by atoms with Crippen LogP contribution in [0.2, 0.25) is 0 Å². The zero-order valence-corrected chi connectivity index (χ0v) is 12.0. The molecule has 0 bridgehead atoms. The SMILES string of the molecule is Cc1ccc(S(=O)(=O)NCC[NH+](C)C)cc1C(=O)[O-]. The predicted octanol–water partition coefficient (Wildman–Crippen LogP) is -2.22. The fourth-order valence-electron chi connectivity index (χ4n) is 1.51. The quantitative estimate of drug-likeness (QED) is 0.620. The normalized spacial score (nSPS) is 11.8. The molecule has 7 heteroatoms. The maximum Gasteiger partial charge on any atom is 0.240 e. The van der Waals surface area contributed by atoms with Crippen LogP contribution in [0.1, 0.15) is 15.9 Å². The second-order valence-electron chi connectivity index (χ2n) is 4.62. The lowest BCUT2D eigenvalue weighted by molar-refractivity contribution is -0.856. The number of sulfonamides is 1. The Balaban J connectivity index is 2.96.